The highest BCUT2D eigenvalue weighted by Gasteiger charge is 2.11. The van der Waals surface area contributed by atoms with E-state index in [4.69, 9.17) is 5.73 Å². The first-order chi connectivity index (χ1) is 8.56. The largest absolute Gasteiger partial charge is 0.397 e. The number of carbonyl (C=O) groups excluding carboxylic acids is 1. The third kappa shape index (κ3) is 3.95. The number of hydrogen-bond donors (Lipinski definition) is 1. The molecule has 0 radical (unpaired) electrons. The molecule has 4 nitrogen and oxygen atoms in total. The van der Waals surface area contributed by atoms with E-state index in [9.17, 15) is 4.79 Å². The summed E-state index contributed by atoms with van der Waals surface area (Å²) in [6, 6.07) is 7.80. The van der Waals surface area contributed by atoms with Crippen LogP contribution in [0.25, 0.3) is 0 Å². The van der Waals surface area contributed by atoms with Crippen molar-refractivity contribution in [1.82, 2.24) is 4.90 Å². The third-order valence-corrected chi connectivity index (χ3v) is 2.87. The lowest BCUT2D eigenvalue weighted by molar-refractivity contribution is -0.128. The smallest absolute Gasteiger partial charge is 0.223 e. The summed E-state index contributed by atoms with van der Waals surface area (Å²) in [5.74, 6) is 0.144. The number of hydrogen-bond acceptors (Lipinski definition) is 3. The summed E-state index contributed by atoms with van der Waals surface area (Å²) < 4.78 is 0. The van der Waals surface area contributed by atoms with Gasteiger partial charge in [-0.15, -0.1) is 0 Å². The van der Waals surface area contributed by atoms with Gasteiger partial charge in [-0.3, -0.25) is 4.79 Å². The summed E-state index contributed by atoms with van der Waals surface area (Å²) in [4.78, 5) is 15.4. The van der Waals surface area contributed by atoms with Crippen LogP contribution in [0, 0.1) is 0 Å². The predicted octanol–water partition coefficient (Wildman–Crippen LogP) is 1.96. The highest BCUT2D eigenvalue weighted by atomic mass is 16.2. The zero-order valence-electron chi connectivity index (χ0n) is 11.5. The molecule has 0 spiro atoms. The van der Waals surface area contributed by atoms with E-state index >= 15 is 0 Å². The first-order valence-corrected chi connectivity index (χ1v) is 6.35. The van der Waals surface area contributed by atoms with E-state index in [-0.39, 0.29) is 5.91 Å². The summed E-state index contributed by atoms with van der Waals surface area (Å²) in [5, 5.41) is 0. The fourth-order valence-corrected chi connectivity index (χ4v) is 1.85. The summed E-state index contributed by atoms with van der Waals surface area (Å²) in [6.45, 7) is 3.74. The number of nitrogens with zero attached hydrogens (tertiary/aromatic N) is 2. The van der Waals surface area contributed by atoms with Crippen LogP contribution >= 0.6 is 0 Å². The van der Waals surface area contributed by atoms with Crippen LogP contribution in [0.3, 0.4) is 0 Å². The number of para-hydroxylation sites is 2. The number of nitrogens with two attached hydrogens (primary N) is 1. The van der Waals surface area contributed by atoms with Gasteiger partial charge in [-0.25, -0.2) is 0 Å². The summed E-state index contributed by atoms with van der Waals surface area (Å²) in [6.07, 6.45) is 1.55. The second-order valence-corrected chi connectivity index (χ2v) is 4.58. The summed E-state index contributed by atoms with van der Waals surface area (Å²) in [5.41, 5.74) is 7.77. The second kappa shape index (κ2) is 6.89. The fraction of sp³-hybridized carbons (Fsp3) is 0.500. The van der Waals surface area contributed by atoms with Crippen molar-refractivity contribution in [3.63, 3.8) is 0 Å². The highest BCUT2D eigenvalue weighted by molar-refractivity contribution is 5.76. The third-order valence-electron chi connectivity index (χ3n) is 2.87. The molecular formula is C14H23N3O. The van der Waals surface area contributed by atoms with Crippen molar-refractivity contribution in [3.05, 3.63) is 24.3 Å². The molecule has 4 heteroatoms. The van der Waals surface area contributed by atoms with Crippen molar-refractivity contribution < 1.29 is 4.79 Å². The standard InChI is InChI=1S/C14H23N3O/c1-4-10-17(11-9-14(18)16(2)3)13-8-6-5-7-12(13)15/h5-8H,4,9-11,15H2,1-3H3. The monoisotopic (exact) mass is 249 g/mol. The van der Waals surface area contributed by atoms with Crippen molar-refractivity contribution in [1.29, 1.82) is 0 Å². The van der Waals surface area contributed by atoms with E-state index in [2.05, 4.69) is 11.8 Å². The van der Waals surface area contributed by atoms with E-state index in [1.807, 2.05) is 24.3 Å². The van der Waals surface area contributed by atoms with Gasteiger partial charge in [-0.1, -0.05) is 19.1 Å². The van der Waals surface area contributed by atoms with Gasteiger partial charge in [0.05, 0.1) is 11.4 Å². The Morgan fingerprint density at radius 2 is 1.89 bits per heavy atom. The molecule has 0 fully saturated rings. The molecule has 0 aliphatic heterocycles. The molecule has 0 aliphatic rings. The average molecular weight is 249 g/mol. The maximum atomic E-state index is 11.6. The van der Waals surface area contributed by atoms with Crippen LogP contribution in [0.15, 0.2) is 24.3 Å². The maximum absolute atomic E-state index is 11.6. The number of rotatable bonds is 6. The fourth-order valence-electron chi connectivity index (χ4n) is 1.85. The van der Waals surface area contributed by atoms with Gasteiger partial charge >= 0.3 is 0 Å². The van der Waals surface area contributed by atoms with E-state index in [1.54, 1.807) is 19.0 Å². The van der Waals surface area contributed by atoms with E-state index in [0.717, 1.165) is 24.3 Å². The van der Waals surface area contributed by atoms with Crippen LogP contribution in [0.5, 0.6) is 0 Å². The van der Waals surface area contributed by atoms with Crippen molar-refractivity contribution in [2.75, 3.05) is 37.8 Å². The van der Waals surface area contributed by atoms with Crippen LogP contribution in [-0.4, -0.2) is 38.0 Å². The zero-order chi connectivity index (χ0) is 13.5. The van der Waals surface area contributed by atoms with E-state index in [0.29, 0.717) is 13.0 Å². The number of anilines is 2. The van der Waals surface area contributed by atoms with Crippen LogP contribution in [0.2, 0.25) is 0 Å². The van der Waals surface area contributed by atoms with Crippen LogP contribution in [0.1, 0.15) is 19.8 Å². The van der Waals surface area contributed by atoms with Crippen LogP contribution in [-0.2, 0) is 4.79 Å². The minimum atomic E-state index is 0.144. The Bertz CT molecular complexity index is 390. The number of amides is 1. The molecule has 100 valence electrons. The van der Waals surface area contributed by atoms with Gasteiger partial charge in [0.1, 0.15) is 0 Å². The SMILES string of the molecule is CCCN(CCC(=O)N(C)C)c1ccccc1N. The molecule has 0 aliphatic carbocycles. The van der Waals surface area contributed by atoms with E-state index in [1.165, 1.54) is 0 Å². The molecule has 0 heterocycles. The molecule has 18 heavy (non-hydrogen) atoms. The van der Waals surface area contributed by atoms with Gasteiger partial charge in [0.25, 0.3) is 0 Å². The molecule has 0 atom stereocenters. The van der Waals surface area contributed by atoms with Gasteiger partial charge in [0, 0.05) is 33.6 Å². The first kappa shape index (κ1) is 14.4. The second-order valence-electron chi connectivity index (χ2n) is 4.58. The van der Waals surface area contributed by atoms with Crippen LogP contribution < -0.4 is 10.6 Å². The van der Waals surface area contributed by atoms with Gasteiger partial charge in [0.15, 0.2) is 0 Å². The molecule has 2 N–H and O–H groups in total. The topological polar surface area (TPSA) is 49.6 Å². The lowest BCUT2D eigenvalue weighted by atomic mass is 10.2. The molecule has 0 unspecified atom stereocenters. The quantitative estimate of drug-likeness (QED) is 0.784. The number of carbonyl (C=O) groups is 1. The zero-order valence-corrected chi connectivity index (χ0v) is 11.5. The van der Waals surface area contributed by atoms with Gasteiger partial charge < -0.3 is 15.5 Å². The lowest BCUT2D eigenvalue weighted by Gasteiger charge is -2.26. The Kier molecular flexibility index (Phi) is 5.49. The highest BCUT2D eigenvalue weighted by Crippen LogP contribution is 2.22. The maximum Gasteiger partial charge on any atom is 0.223 e. The molecule has 1 aromatic carbocycles. The average Bonchev–Trinajstić information content (AvgIpc) is 2.35. The van der Waals surface area contributed by atoms with Crippen molar-refractivity contribution >= 4 is 17.3 Å². The van der Waals surface area contributed by atoms with Gasteiger partial charge in [-0.05, 0) is 18.6 Å². The van der Waals surface area contributed by atoms with Gasteiger partial charge in [0.2, 0.25) is 5.91 Å². The summed E-state index contributed by atoms with van der Waals surface area (Å²) >= 11 is 0. The van der Waals surface area contributed by atoms with Crippen molar-refractivity contribution in [2.24, 2.45) is 0 Å². The number of nitrogen functional groups attached to an aromatic ring is 1. The van der Waals surface area contributed by atoms with Crippen LogP contribution in [0.4, 0.5) is 11.4 Å². The Balaban J connectivity index is 2.71. The minimum absolute atomic E-state index is 0.144. The predicted molar refractivity (Wildman–Crippen MR) is 76.7 cm³/mol. The molecule has 1 aromatic rings. The molecule has 0 saturated heterocycles. The molecule has 0 aromatic heterocycles. The first-order valence-electron chi connectivity index (χ1n) is 6.35. The minimum Gasteiger partial charge on any atom is -0.397 e. The van der Waals surface area contributed by atoms with Crippen molar-refractivity contribution in [2.45, 2.75) is 19.8 Å². The normalized spacial score (nSPS) is 10.2. The molecule has 1 amide bonds. The number of benzene rings is 1. The summed E-state index contributed by atoms with van der Waals surface area (Å²) in [7, 11) is 3.56. The molecule has 1 rings (SSSR count). The van der Waals surface area contributed by atoms with E-state index < -0.39 is 0 Å². The molecule has 0 bridgehead atoms. The molecule has 0 saturated carbocycles. The van der Waals surface area contributed by atoms with Gasteiger partial charge in [-0.2, -0.15) is 0 Å². The molecular weight excluding hydrogens is 226 g/mol. The Hall–Kier alpha value is -1.71. The Labute approximate surface area is 109 Å². The Morgan fingerprint density at radius 3 is 2.44 bits per heavy atom. The lowest BCUT2D eigenvalue weighted by Crippen LogP contribution is -2.31. The Morgan fingerprint density at radius 1 is 1.22 bits per heavy atom. The van der Waals surface area contributed by atoms with Crippen molar-refractivity contribution in [3.8, 4) is 0 Å².